The summed E-state index contributed by atoms with van der Waals surface area (Å²) in [7, 11) is 1.53. The lowest BCUT2D eigenvalue weighted by Crippen LogP contribution is -2.31. The molecule has 140 valence electrons. The summed E-state index contributed by atoms with van der Waals surface area (Å²) in [6, 6.07) is 6.68. The van der Waals surface area contributed by atoms with E-state index in [9.17, 15) is 9.59 Å². The Balaban J connectivity index is 1.95. The molecule has 0 aliphatic rings. The fraction of sp³-hybridized carbons (Fsp3) is 0.389. The van der Waals surface area contributed by atoms with Gasteiger partial charge in [0.15, 0.2) is 6.61 Å². The molecule has 0 aliphatic carbocycles. The Morgan fingerprint density at radius 1 is 1.23 bits per heavy atom. The summed E-state index contributed by atoms with van der Waals surface area (Å²) in [4.78, 5) is 23.9. The van der Waals surface area contributed by atoms with E-state index in [1.165, 1.54) is 7.11 Å². The van der Waals surface area contributed by atoms with Gasteiger partial charge in [-0.15, -0.1) is 0 Å². The molecule has 26 heavy (non-hydrogen) atoms. The fourth-order valence-corrected chi connectivity index (χ4v) is 2.17. The number of carbonyl (C=O) groups is 2. The first-order valence-corrected chi connectivity index (χ1v) is 8.09. The van der Waals surface area contributed by atoms with Gasteiger partial charge in [-0.3, -0.25) is 4.79 Å². The molecule has 0 fully saturated rings. The summed E-state index contributed by atoms with van der Waals surface area (Å²) in [5, 5.41) is 6.44. The molecule has 0 bridgehead atoms. The van der Waals surface area contributed by atoms with Gasteiger partial charge in [0.25, 0.3) is 5.91 Å². The van der Waals surface area contributed by atoms with Crippen LogP contribution in [0, 0.1) is 13.8 Å². The van der Waals surface area contributed by atoms with Gasteiger partial charge in [-0.25, -0.2) is 4.79 Å². The fourth-order valence-electron chi connectivity index (χ4n) is 2.17. The lowest BCUT2D eigenvalue weighted by Gasteiger charge is -2.11. The number of aryl methyl sites for hydroxylation is 2. The molecule has 1 heterocycles. The first-order chi connectivity index (χ1) is 12.5. The monoisotopic (exact) mass is 362 g/mol. The number of nitrogens with zero attached hydrogens (tertiary/aromatic N) is 1. The van der Waals surface area contributed by atoms with Crippen LogP contribution in [0.3, 0.4) is 0 Å². The third-order valence-corrected chi connectivity index (χ3v) is 3.62. The Kier molecular flexibility index (Phi) is 7.16. The second-order valence-electron chi connectivity index (χ2n) is 5.51. The molecule has 2 rings (SSSR count). The quantitative estimate of drug-likeness (QED) is 0.536. The molecule has 0 saturated carbocycles. The van der Waals surface area contributed by atoms with Crippen LogP contribution < -0.4 is 10.1 Å². The van der Waals surface area contributed by atoms with Crippen molar-refractivity contribution in [1.29, 1.82) is 0 Å². The number of esters is 1. The third-order valence-electron chi connectivity index (χ3n) is 3.62. The Morgan fingerprint density at radius 3 is 2.69 bits per heavy atom. The molecule has 0 atom stereocenters. The maximum atomic E-state index is 12.3. The highest BCUT2D eigenvalue weighted by molar-refractivity contribution is 5.93. The number of nitrogens with one attached hydrogen (secondary N) is 1. The zero-order valence-electron chi connectivity index (χ0n) is 15.0. The van der Waals surface area contributed by atoms with Crippen molar-refractivity contribution in [2.24, 2.45) is 0 Å². The van der Waals surface area contributed by atoms with E-state index < -0.39 is 11.9 Å². The molecule has 0 radical (unpaired) electrons. The number of ether oxygens (including phenoxy) is 3. The zero-order valence-corrected chi connectivity index (χ0v) is 15.0. The number of benzene rings is 1. The van der Waals surface area contributed by atoms with Crippen LogP contribution in [0.1, 0.15) is 27.4 Å². The van der Waals surface area contributed by atoms with E-state index >= 15 is 0 Å². The number of aromatic nitrogens is 1. The molecule has 8 heteroatoms. The average Bonchev–Trinajstić information content (AvgIpc) is 2.96. The number of amides is 1. The number of para-hydroxylation sites is 1. The van der Waals surface area contributed by atoms with Crippen molar-refractivity contribution in [3.05, 3.63) is 46.8 Å². The van der Waals surface area contributed by atoms with Crippen molar-refractivity contribution < 1.29 is 28.3 Å². The summed E-state index contributed by atoms with van der Waals surface area (Å²) in [6.07, 6.45) is 0. The van der Waals surface area contributed by atoms with Crippen molar-refractivity contribution >= 4 is 11.9 Å². The van der Waals surface area contributed by atoms with Gasteiger partial charge in [0.05, 0.1) is 17.9 Å². The topological polar surface area (TPSA) is 99.9 Å². The summed E-state index contributed by atoms with van der Waals surface area (Å²) in [5.74, 6) is -0.0154. The highest BCUT2D eigenvalue weighted by Gasteiger charge is 2.17. The van der Waals surface area contributed by atoms with E-state index in [2.05, 4.69) is 10.5 Å². The van der Waals surface area contributed by atoms with E-state index in [-0.39, 0.29) is 18.8 Å². The summed E-state index contributed by atoms with van der Waals surface area (Å²) >= 11 is 0. The molecule has 8 nitrogen and oxygen atoms in total. The molecule has 2 aromatic rings. The Bertz CT molecular complexity index is 736. The molecule has 0 aliphatic heterocycles. The van der Waals surface area contributed by atoms with Crippen molar-refractivity contribution in [2.45, 2.75) is 20.5 Å². The van der Waals surface area contributed by atoms with Crippen molar-refractivity contribution in [3.63, 3.8) is 0 Å². The van der Waals surface area contributed by atoms with Gasteiger partial charge in [-0.05, 0) is 26.0 Å². The van der Waals surface area contributed by atoms with E-state index in [1.807, 2.05) is 6.92 Å². The van der Waals surface area contributed by atoms with Crippen LogP contribution >= 0.6 is 0 Å². The van der Waals surface area contributed by atoms with Gasteiger partial charge >= 0.3 is 5.97 Å². The van der Waals surface area contributed by atoms with Crippen LogP contribution in [-0.4, -0.2) is 43.9 Å². The average molecular weight is 362 g/mol. The highest BCUT2D eigenvalue weighted by Crippen LogP contribution is 2.22. The molecular formula is C18H22N2O6. The normalized spacial score (nSPS) is 10.4. The molecular weight excluding hydrogens is 340 g/mol. The highest BCUT2D eigenvalue weighted by atomic mass is 16.5. The molecule has 0 unspecified atom stereocenters. The Labute approximate surface area is 151 Å². The minimum Gasteiger partial charge on any atom is -0.488 e. The van der Waals surface area contributed by atoms with E-state index in [4.69, 9.17) is 18.7 Å². The SMILES string of the molecule is COCCNC(=O)COC(=O)c1ccccc1OCc1c(C)noc1C. The smallest absolute Gasteiger partial charge is 0.342 e. The number of carbonyl (C=O) groups excluding carboxylic acids is 2. The first kappa shape index (κ1) is 19.5. The predicted octanol–water partition coefficient (Wildman–Crippen LogP) is 1.79. The molecule has 1 aromatic heterocycles. The van der Waals surface area contributed by atoms with Crippen LogP contribution in [0.15, 0.2) is 28.8 Å². The van der Waals surface area contributed by atoms with Gasteiger partial charge in [0.1, 0.15) is 23.7 Å². The number of methoxy groups -OCH3 is 1. The molecule has 1 aromatic carbocycles. The summed E-state index contributed by atoms with van der Waals surface area (Å²) in [6.45, 7) is 4.18. The van der Waals surface area contributed by atoms with Crippen molar-refractivity contribution in [1.82, 2.24) is 10.5 Å². The van der Waals surface area contributed by atoms with E-state index in [0.29, 0.717) is 24.7 Å². The van der Waals surface area contributed by atoms with Gasteiger partial charge in [-0.1, -0.05) is 17.3 Å². The van der Waals surface area contributed by atoms with Crippen LogP contribution in [0.5, 0.6) is 5.75 Å². The predicted molar refractivity (Wildman–Crippen MR) is 91.9 cm³/mol. The van der Waals surface area contributed by atoms with Gasteiger partial charge in [-0.2, -0.15) is 0 Å². The second-order valence-corrected chi connectivity index (χ2v) is 5.51. The summed E-state index contributed by atoms with van der Waals surface area (Å²) < 4.78 is 20.7. The minimum absolute atomic E-state index is 0.211. The van der Waals surface area contributed by atoms with Crippen LogP contribution in [0.25, 0.3) is 0 Å². The van der Waals surface area contributed by atoms with E-state index in [0.717, 1.165) is 11.3 Å². The van der Waals surface area contributed by atoms with Crippen LogP contribution in [0.4, 0.5) is 0 Å². The van der Waals surface area contributed by atoms with Crippen molar-refractivity contribution in [2.75, 3.05) is 26.9 Å². The molecule has 0 spiro atoms. The minimum atomic E-state index is -0.638. The lowest BCUT2D eigenvalue weighted by molar-refractivity contribution is -0.124. The summed E-state index contributed by atoms with van der Waals surface area (Å²) in [5.41, 5.74) is 1.80. The maximum Gasteiger partial charge on any atom is 0.342 e. The van der Waals surface area contributed by atoms with Crippen LogP contribution in [-0.2, 0) is 20.9 Å². The number of hydrogen-bond donors (Lipinski definition) is 1. The lowest BCUT2D eigenvalue weighted by atomic mass is 10.2. The van der Waals surface area contributed by atoms with Crippen molar-refractivity contribution in [3.8, 4) is 5.75 Å². The standard InChI is InChI=1S/C18H22N2O6/c1-12-15(13(2)26-20-12)10-24-16-7-5-4-6-14(16)18(22)25-11-17(21)19-8-9-23-3/h4-7H,8-11H2,1-3H3,(H,19,21). The van der Waals surface area contributed by atoms with Gasteiger partial charge in [0, 0.05) is 13.7 Å². The Morgan fingerprint density at radius 2 is 2.00 bits per heavy atom. The van der Waals surface area contributed by atoms with Crippen LogP contribution in [0.2, 0.25) is 0 Å². The molecule has 1 N–H and O–H groups in total. The largest absolute Gasteiger partial charge is 0.488 e. The molecule has 0 saturated heterocycles. The molecule has 1 amide bonds. The maximum absolute atomic E-state index is 12.3. The first-order valence-electron chi connectivity index (χ1n) is 8.09. The third kappa shape index (κ3) is 5.32. The second kappa shape index (κ2) is 9.57. The Hall–Kier alpha value is -2.87. The zero-order chi connectivity index (χ0) is 18.9. The number of rotatable bonds is 9. The van der Waals surface area contributed by atoms with Gasteiger partial charge < -0.3 is 24.1 Å². The number of hydrogen-bond acceptors (Lipinski definition) is 7. The van der Waals surface area contributed by atoms with E-state index in [1.54, 1.807) is 31.2 Å². The van der Waals surface area contributed by atoms with Gasteiger partial charge in [0.2, 0.25) is 0 Å².